The number of aromatic amines is 1. The maximum atomic E-state index is 12.7. The SMILES string of the molecule is COc1ccc(-c2nc3ccccc3[nH]2)cc1NC(=O)c1ccccc1[N+](=O)[O-]. The van der Waals surface area contributed by atoms with E-state index in [4.69, 9.17) is 4.74 Å². The van der Waals surface area contributed by atoms with Gasteiger partial charge in [-0.05, 0) is 36.4 Å². The van der Waals surface area contributed by atoms with Gasteiger partial charge in [0.1, 0.15) is 17.1 Å². The van der Waals surface area contributed by atoms with Crippen LogP contribution in [0.1, 0.15) is 10.4 Å². The minimum atomic E-state index is -0.600. The standard InChI is InChI=1S/C21H16N4O4/c1-29-19-11-10-13(20-22-15-7-3-4-8-16(15)23-20)12-17(19)24-21(26)14-6-2-5-9-18(14)25(27)28/h2-12H,1H3,(H,22,23)(H,24,26). The lowest BCUT2D eigenvalue weighted by molar-refractivity contribution is -0.385. The second kappa shape index (κ2) is 7.43. The first-order chi connectivity index (χ1) is 14.1. The van der Waals surface area contributed by atoms with Gasteiger partial charge >= 0.3 is 0 Å². The van der Waals surface area contributed by atoms with Crippen molar-refractivity contribution in [1.29, 1.82) is 0 Å². The van der Waals surface area contributed by atoms with Crippen molar-refractivity contribution in [2.45, 2.75) is 0 Å². The third-order valence-electron chi connectivity index (χ3n) is 4.46. The number of fused-ring (bicyclic) bond motifs is 1. The first kappa shape index (κ1) is 18.2. The Balaban J connectivity index is 1.71. The van der Waals surface area contributed by atoms with Crippen LogP contribution in [0.5, 0.6) is 5.75 Å². The highest BCUT2D eigenvalue weighted by Gasteiger charge is 2.20. The van der Waals surface area contributed by atoms with Gasteiger partial charge in [-0.2, -0.15) is 0 Å². The molecule has 8 heteroatoms. The molecular weight excluding hydrogens is 372 g/mol. The van der Waals surface area contributed by atoms with Gasteiger partial charge in [0.25, 0.3) is 11.6 Å². The third kappa shape index (κ3) is 3.51. The number of anilines is 1. The Morgan fingerprint density at radius 3 is 2.62 bits per heavy atom. The number of rotatable bonds is 5. The van der Waals surface area contributed by atoms with Crippen LogP contribution in [0.3, 0.4) is 0 Å². The largest absolute Gasteiger partial charge is 0.495 e. The lowest BCUT2D eigenvalue weighted by atomic mass is 10.1. The quantitative estimate of drug-likeness (QED) is 0.389. The monoisotopic (exact) mass is 388 g/mol. The number of benzene rings is 3. The maximum Gasteiger partial charge on any atom is 0.282 e. The van der Waals surface area contributed by atoms with E-state index in [1.165, 1.54) is 25.3 Å². The number of methoxy groups -OCH3 is 1. The molecule has 0 radical (unpaired) electrons. The number of para-hydroxylation sites is 3. The number of hydrogen-bond donors (Lipinski definition) is 2. The van der Waals surface area contributed by atoms with Crippen molar-refractivity contribution in [3.05, 3.63) is 82.4 Å². The Labute approximate surface area is 165 Å². The second-order valence-corrected chi connectivity index (χ2v) is 6.25. The van der Waals surface area contributed by atoms with Gasteiger partial charge in [-0.1, -0.05) is 24.3 Å². The van der Waals surface area contributed by atoms with Gasteiger partial charge in [0.05, 0.1) is 28.8 Å². The third-order valence-corrected chi connectivity index (χ3v) is 4.46. The summed E-state index contributed by atoms with van der Waals surface area (Å²) in [6.07, 6.45) is 0. The number of ether oxygens (including phenoxy) is 1. The summed E-state index contributed by atoms with van der Waals surface area (Å²) in [5.74, 6) is 0.462. The molecule has 1 heterocycles. The molecule has 29 heavy (non-hydrogen) atoms. The summed E-state index contributed by atoms with van der Waals surface area (Å²) in [6, 6.07) is 18.7. The number of nitro benzene ring substituents is 1. The molecule has 4 aromatic rings. The average Bonchev–Trinajstić information content (AvgIpc) is 3.18. The Morgan fingerprint density at radius 1 is 1.10 bits per heavy atom. The Morgan fingerprint density at radius 2 is 1.86 bits per heavy atom. The maximum absolute atomic E-state index is 12.7. The minimum absolute atomic E-state index is 0.0336. The molecule has 1 aromatic heterocycles. The van der Waals surface area contributed by atoms with Crippen molar-refractivity contribution >= 4 is 28.3 Å². The number of amides is 1. The normalized spacial score (nSPS) is 10.7. The molecule has 144 valence electrons. The molecule has 0 atom stereocenters. The van der Waals surface area contributed by atoms with Crippen molar-refractivity contribution in [2.24, 2.45) is 0 Å². The lowest BCUT2D eigenvalue weighted by Gasteiger charge is -2.11. The number of nitrogens with zero attached hydrogens (tertiary/aromatic N) is 2. The fourth-order valence-electron chi connectivity index (χ4n) is 3.06. The van der Waals surface area contributed by atoms with Crippen LogP contribution in [-0.2, 0) is 0 Å². The first-order valence-electron chi connectivity index (χ1n) is 8.75. The molecule has 8 nitrogen and oxygen atoms in total. The smallest absolute Gasteiger partial charge is 0.282 e. The zero-order valence-corrected chi connectivity index (χ0v) is 15.4. The van der Waals surface area contributed by atoms with E-state index in [0.717, 1.165) is 16.6 Å². The molecule has 0 fully saturated rings. The molecule has 0 spiro atoms. The Kier molecular flexibility index (Phi) is 4.66. The van der Waals surface area contributed by atoms with E-state index >= 15 is 0 Å². The number of carbonyl (C=O) groups is 1. The van der Waals surface area contributed by atoms with Crippen molar-refractivity contribution < 1.29 is 14.5 Å². The highest BCUT2D eigenvalue weighted by atomic mass is 16.6. The summed E-state index contributed by atoms with van der Waals surface area (Å²) >= 11 is 0. The minimum Gasteiger partial charge on any atom is -0.495 e. The van der Waals surface area contributed by atoms with E-state index in [1.807, 2.05) is 30.3 Å². The Hall–Kier alpha value is -4.20. The predicted molar refractivity (Wildman–Crippen MR) is 109 cm³/mol. The molecule has 0 unspecified atom stereocenters. The molecular formula is C21H16N4O4. The molecule has 0 saturated heterocycles. The highest BCUT2D eigenvalue weighted by Crippen LogP contribution is 2.31. The lowest BCUT2D eigenvalue weighted by Crippen LogP contribution is -2.14. The van der Waals surface area contributed by atoms with E-state index in [1.54, 1.807) is 18.2 Å². The fourth-order valence-corrected chi connectivity index (χ4v) is 3.06. The van der Waals surface area contributed by atoms with Crippen LogP contribution in [0.25, 0.3) is 22.4 Å². The number of H-pyrrole nitrogens is 1. The average molecular weight is 388 g/mol. The summed E-state index contributed by atoms with van der Waals surface area (Å²) < 4.78 is 5.33. The number of nitrogens with one attached hydrogen (secondary N) is 2. The van der Waals surface area contributed by atoms with E-state index < -0.39 is 10.8 Å². The molecule has 1 amide bonds. The van der Waals surface area contributed by atoms with Gasteiger partial charge in [0.2, 0.25) is 0 Å². The summed E-state index contributed by atoms with van der Waals surface area (Å²) in [4.78, 5) is 31.1. The summed E-state index contributed by atoms with van der Waals surface area (Å²) in [7, 11) is 1.48. The number of nitro groups is 1. The van der Waals surface area contributed by atoms with Gasteiger partial charge in [-0.25, -0.2) is 4.98 Å². The van der Waals surface area contributed by atoms with E-state index in [9.17, 15) is 14.9 Å². The number of imidazole rings is 1. The van der Waals surface area contributed by atoms with Crippen LogP contribution in [0, 0.1) is 10.1 Å². The Bertz CT molecular complexity index is 1200. The van der Waals surface area contributed by atoms with Gasteiger partial charge in [-0.3, -0.25) is 14.9 Å². The zero-order chi connectivity index (χ0) is 20.4. The molecule has 0 aliphatic heterocycles. The van der Waals surface area contributed by atoms with Crippen LogP contribution in [0.4, 0.5) is 11.4 Å². The molecule has 0 aliphatic rings. The molecule has 3 aromatic carbocycles. The van der Waals surface area contributed by atoms with Gasteiger partial charge in [-0.15, -0.1) is 0 Å². The van der Waals surface area contributed by atoms with Crippen molar-refractivity contribution in [3.63, 3.8) is 0 Å². The summed E-state index contributed by atoms with van der Waals surface area (Å²) in [5.41, 5.74) is 2.53. The van der Waals surface area contributed by atoms with Crippen molar-refractivity contribution in [2.75, 3.05) is 12.4 Å². The number of carbonyl (C=O) groups excluding carboxylic acids is 1. The van der Waals surface area contributed by atoms with Gasteiger partial charge in [0, 0.05) is 11.6 Å². The molecule has 2 N–H and O–H groups in total. The number of aromatic nitrogens is 2. The van der Waals surface area contributed by atoms with E-state index in [2.05, 4.69) is 15.3 Å². The van der Waals surface area contributed by atoms with Crippen LogP contribution in [-0.4, -0.2) is 27.9 Å². The van der Waals surface area contributed by atoms with E-state index in [-0.39, 0.29) is 11.3 Å². The zero-order valence-electron chi connectivity index (χ0n) is 15.4. The van der Waals surface area contributed by atoms with Crippen LogP contribution >= 0.6 is 0 Å². The van der Waals surface area contributed by atoms with Crippen molar-refractivity contribution in [1.82, 2.24) is 9.97 Å². The van der Waals surface area contributed by atoms with Gasteiger partial charge in [0.15, 0.2) is 0 Å². The molecule has 0 aliphatic carbocycles. The predicted octanol–water partition coefficient (Wildman–Crippen LogP) is 4.40. The molecule has 0 bridgehead atoms. The molecule has 4 rings (SSSR count). The fraction of sp³-hybridized carbons (Fsp3) is 0.0476. The van der Waals surface area contributed by atoms with E-state index in [0.29, 0.717) is 17.3 Å². The number of hydrogen-bond acceptors (Lipinski definition) is 5. The van der Waals surface area contributed by atoms with Crippen molar-refractivity contribution in [3.8, 4) is 17.1 Å². The summed E-state index contributed by atoms with van der Waals surface area (Å²) in [6.45, 7) is 0. The van der Waals surface area contributed by atoms with Gasteiger partial charge < -0.3 is 15.0 Å². The molecule has 0 saturated carbocycles. The summed E-state index contributed by atoms with van der Waals surface area (Å²) in [5, 5.41) is 13.9. The first-order valence-corrected chi connectivity index (χ1v) is 8.75. The topological polar surface area (TPSA) is 110 Å². The highest BCUT2D eigenvalue weighted by molar-refractivity contribution is 6.08. The van der Waals surface area contributed by atoms with Crippen LogP contribution in [0.15, 0.2) is 66.7 Å². The van der Waals surface area contributed by atoms with Crippen LogP contribution in [0.2, 0.25) is 0 Å². The van der Waals surface area contributed by atoms with Crippen LogP contribution < -0.4 is 10.1 Å². The second-order valence-electron chi connectivity index (χ2n) is 6.25.